The third kappa shape index (κ3) is 4.58. The van der Waals surface area contributed by atoms with Gasteiger partial charge in [0.25, 0.3) is 0 Å². The summed E-state index contributed by atoms with van der Waals surface area (Å²) in [6.07, 6.45) is 0.369. The monoisotopic (exact) mass is 318 g/mol. The fraction of sp³-hybridized carbons (Fsp3) is 0.385. The Morgan fingerprint density at radius 1 is 1.35 bits per heavy atom. The highest BCUT2D eigenvalue weighted by Crippen LogP contribution is 2.32. The van der Waals surface area contributed by atoms with Crippen molar-refractivity contribution < 1.29 is 14.7 Å². The lowest BCUT2D eigenvalue weighted by Gasteiger charge is -2.17. The highest BCUT2D eigenvalue weighted by molar-refractivity contribution is 6.40. The maximum absolute atomic E-state index is 11.8. The summed E-state index contributed by atoms with van der Waals surface area (Å²) in [6.45, 7) is 3.58. The zero-order valence-corrected chi connectivity index (χ0v) is 12.7. The molecule has 110 valence electrons. The predicted molar refractivity (Wildman–Crippen MR) is 79.7 cm³/mol. The molecular weight excluding hydrogens is 303 g/mol. The summed E-state index contributed by atoms with van der Waals surface area (Å²) in [5.41, 5.74) is 1.10. The van der Waals surface area contributed by atoms with Crippen molar-refractivity contribution in [1.82, 2.24) is 5.32 Å². The van der Waals surface area contributed by atoms with E-state index in [1.807, 2.05) is 0 Å². The first kappa shape index (κ1) is 16.6. The first-order valence-corrected chi connectivity index (χ1v) is 6.84. The van der Waals surface area contributed by atoms with Crippen LogP contribution in [-0.2, 0) is 4.79 Å². The summed E-state index contributed by atoms with van der Waals surface area (Å²) < 4.78 is 0. The molecule has 1 unspecified atom stereocenters. The Bertz CT molecular complexity index is 521. The van der Waals surface area contributed by atoms with Crippen LogP contribution in [-0.4, -0.2) is 23.1 Å². The van der Waals surface area contributed by atoms with Gasteiger partial charge in [-0.15, -0.1) is 0 Å². The number of aryl methyl sites for hydroxylation is 1. The molecule has 3 N–H and O–H groups in total. The van der Waals surface area contributed by atoms with E-state index in [0.717, 1.165) is 5.56 Å². The van der Waals surface area contributed by atoms with Gasteiger partial charge in [-0.25, -0.2) is 4.79 Å². The Hall–Kier alpha value is -1.46. The van der Waals surface area contributed by atoms with E-state index < -0.39 is 18.0 Å². The molecule has 5 nitrogen and oxygen atoms in total. The van der Waals surface area contributed by atoms with Crippen LogP contribution in [0.25, 0.3) is 0 Å². The smallest absolute Gasteiger partial charge is 0.319 e. The van der Waals surface area contributed by atoms with E-state index in [1.54, 1.807) is 26.0 Å². The number of carbonyl (C=O) groups excluding carboxylic acids is 1. The number of hydrogen-bond acceptors (Lipinski definition) is 2. The molecule has 1 aromatic rings. The minimum absolute atomic E-state index is 0.140. The van der Waals surface area contributed by atoms with E-state index in [9.17, 15) is 9.59 Å². The predicted octanol–water partition coefficient (Wildman–Crippen LogP) is 3.68. The van der Waals surface area contributed by atoms with E-state index in [1.165, 1.54) is 0 Å². The lowest BCUT2D eigenvalue weighted by molar-refractivity contribution is -0.137. The van der Waals surface area contributed by atoms with Gasteiger partial charge in [0.1, 0.15) is 0 Å². The van der Waals surface area contributed by atoms with Crippen molar-refractivity contribution >= 4 is 40.9 Å². The van der Waals surface area contributed by atoms with Crippen molar-refractivity contribution in [3.05, 3.63) is 27.7 Å². The summed E-state index contributed by atoms with van der Waals surface area (Å²) in [6, 6.07) is 2.39. The Kier molecular flexibility index (Phi) is 6.10. The van der Waals surface area contributed by atoms with Crippen LogP contribution in [0.5, 0.6) is 0 Å². The molecule has 0 fully saturated rings. The summed E-state index contributed by atoms with van der Waals surface area (Å²) in [5, 5.41) is 14.5. The van der Waals surface area contributed by atoms with Crippen molar-refractivity contribution in [3.8, 4) is 0 Å². The number of carbonyl (C=O) groups is 2. The maximum atomic E-state index is 11.8. The van der Waals surface area contributed by atoms with Gasteiger partial charge in [0.15, 0.2) is 0 Å². The van der Waals surface area contributed by atoms with Crippen molar-refractivity contribution in [2.45, 2.75) is 32.7 Å². The van der Waals surface area contributed by atoms with Crippen LogP contribution in [0.3, 0.4) is 0 Å². The average molecular weight is 319 g/mol. The van der Waals surface area contributed by atoms with Gasteiger partial charge in [-0.1, -0.05) is 36.2 Å². The standard InChI is InChI=1S/C13H16Cl2N2O3/c1-3-8(6-10(18)19)16-13(20)17-12-9(14)5-4-7(2)11(12)15/h4-5,8H,3,6H2,1-2H3,(H,18,19)(H2,16,17,20). The molecule has 0 radical (unpaired) electrons. The molecule has 2 amide bonds. The van der Waals surface area contributed by atoms with Crippen molar-refractivity contribution in [2.24, 2.45) is 0 Å². The van der Waals surface area contributed by atoms with Crippen LogP contribution in [0.1, 0.15) is 25.3 Å². The lowest BCUT2D eigenvalue weighted by atomic mass is 10.1. The second-order valence-corrected chi connectivity index (χ2v) is 5.14. The molecular formula is C13H16Cl2N2O3. The van der Waals surface area contributed by atoms with Crippen LogP contribution >= 0.6 is 23.2 Å². The van der Waals surface area contributed by atoms with Crippen molar-refractivity contribution in [2.75, 3.05) is 5.32 Å². The van der Waals surface area contributed by atoms with Gasteiger partial charge in [0.2, 0.25) is 0 Å². The number of hydrogen-bond donors (Lipinski definition) is 3. The fourth-order valence-electron chi connectivity index (χ4n) is 1.61. The van der Waals surface area contributed by atoms with Crippen LogP contribution in [0.15, 0.2) is 12.1 Å². The molecule has 0 aliphatic heterocycles. The zero-order chi connectivity index (χ0) is 15.3. The molecule has 0 heterocycles. The third-order valence-corrected chi connectivity index (χ3v) is 3.57. The van der Waals surface area contributed by atoms with Gasteiger partial charge in [-0.3, -0.25) is 4.79 Å². The molecule has 20 heavy (non-hydrogen) atoms. The largest absolute Gasteiger partial charge is 0.481 e. The van der Waals surface area contributed by atoms with Crippen molar-refractivity contribution in [1.29, 1.82) is 0 Å². The lowest BCUT2D eigenvalue weighted by Crippen LogP contribution is -2.39. The number of benzene rings is 1. The molecule has 1 atom stereocenters. The number of amides is 2. The van der Waals surface area contributed by atoms with Crippen LogP contribution < -0.4 is 10.6 Å². The molecule has 0 spiro atoms. The minimum atomic E-state index is -0.969. The number of halogens is 2. The van der Waals surface area contributed by atoms with Crippen LogP contribution in [0, 0.1) is 6.92 Å². The first-order chi connectivity index (χ1) is 9.35. The Labute approximate surface area is 127 Å². The van der Waals surface area contributed by atoms with Crippen LogP contribution in [0.2, 0.25) is 10.0 Å². The van der Waals surface area contributed by atoms with E-state index in [0.29, 0.717) is 22.2 Å². The highest BCUT2D eigenvalue weighted by atomic mass is 35.5. The summed E-state index contributed by atoms with van der Waals surface area (Å²) >= 11 is 12.1. The van der Waals surface area contributed by atoms with Gasteiger partial charge in [0, 0.05) is 6.04 Å². The first-order valence-electron chi connectivity index (χ1n) is 6.09. The number of carboxylic acids is 1. The van der Waals surface area contributed by atoms with Crippen LogP contribution in [0.4, 0.5) is 10.5 Å². The summed E-state index contributed by atoms with van der Waals surface area (Å²) in [5.74, 6) is -0.969. The molecule has 0 saturated heterocycles. The normalized spacial score (nSPS) is 11.8. The molecule has 0 aromatic heterocycles. The van der Waals surface area contributed by atoms with E-state index >= 15 is 0 Å². The molecule has 7 heteroatoms. The van der Waals surface area contributed by atoms with Gasteiger partial charge in [-0.05, 0) is 25.0 Å². The second kappa shape index (κ2) is 7.36. The number of nitrogens with one attached hydrogen (secondary N) is 2. The zero-order valence-electron chi connectivity index (χ0n) is 11.2. The average Bonchev–Trinajstić information content (AvgIpc) is 2.38. The number of rotatable bonds is 5. The highest BCUT2D eigenvalue weighted by Gasteiger charge is 2.16. The van der Waals surface area contributed by atoms with E-state index in [-0.39, 0.29) is 6.42 Å². The number of anilines is 1. The van der Waals surface area contributed by atoms with Gasteiger partial charge < -0.3 is 15.7 Å². The molecule has 1 rings (SSSR count). The Morgan fingerprint density at radius 3 is 2.55 bits per heavy atom. The molecule has 1 aromatic carbocycles. The molecule has 0 bridgehead atoms. The molecule has 0 aliphatic carbocycles. The summed E-state index contributed by atoms with van der Waals surface area (Å²) in [4.78, 5) is 22.5. The van der Waals surface area contributed by atoms with Gasteiger partial charge in [-0.2, -0.15) is 0 Å². The number of urea groups is 1. The fourth-order valence-corrected chi connectivity index (χ4v) is 2.08. The van der Waals surface area contributed by atoms with E-state index in [4.69, 9.17) is 28.3 Å². The van der Waals surface area contributed by atoms with E-state index in [2.05, 4.69) is 10.6 Å². The van der Waals surface area contributed by atoms with Gasteiger partial charge in [0.05, 0.1) is 22.2 Å². The van der Waals surface area contributed by atoms with Crippen molar-refractivity contribution in [3.63, 3.8) is 0 Å². The molecule has 0 aliphatic rings. The second-order valence-electron chi connectivity index (χ2n) is 4.35. The molecule has 0 saturated carbocycles. The number of carboxylic acid groups (broad SMARTS) is 1. The Balaban J connectivity index is 2.76. The number of aliphatic carboxylic acids is 1. The topological polar surface area (TPSA) is 78.4 Å². The minimum Gasteiger partial charge on any atom is -0.481 e. The Morgan fingerprint density at radius 2 is 2.00 bits per heavy atom. The summed E-state index contributed by atoms with van der Waals surface area (Å²) in [7, 11) is 0. The van der Waals surface area contributed by atoms with Gasteiger partial charge >= 0.3 is 12.0 Å². The third-order valence-electron chi connectivity index (χ3n) is 2.77. The maximum Gasteiger partial charge on any atom is 0.319 e. The SMILES string of the molecule is CCC(CC(=O)O)NC(=O)Nc1c(Cl)ccc(C)c1Cl. The quantitative estimate of drug-likeness (QED) is 0.775.